The van der Waals surface area contributed by atoms with Crippen molar-refractivity contribution in [3.63, 3.8) is 0 Å². The van der Waals surface area contributed by atoms with Gasteiger partial charge in [-0.25, -0.2) is 9.48 Å². The van der Waals surface area contributed by atoms with Gasteiger partial charge in [0.1, 0.15) is 5.69 Å². The fourth-order valence-corrected chi connectivity index (χ4v) is 1.64. The van der Waals surface area contributed by atoms with Gasteiger partial charge in [-0.1, -0.05) is 29.5 Å². The number of aromatic carboxylic acids is 1. The van der Waals surface area contributed by atoms with Crippen LogP contribution in [0.15, 0.2) is 24.3 Å². The summed E-state index contributed by atoms with van der Waals surface area (Å²) in [5.74, 6) is -1.06. The number of carbonyl (C=O) groups is 1. The van der Waals surface area contributed by atoms with E-state index in [1.807, 2.05) is 31.2 Å². The summed E-state index contributed by atoms with van der Waals surface area (Å²) in [6.07, 6.45) is 0. The monoisotopic (exact) mass is 217 g/mol. The van der Waals surface area contributed by atoms with Gasteiger partial charge in [0.15, 0.2) is 5.69 Å². The van der Waals surface area contributed by atoms with Gasteiger partial charge in [-0.05, 0) is 12.5 Å². The Labute approximate surface area is 92.3 Å². The summed E-state index contributed by atoms with van der Waals surface area (Å²) >= 11 is 0. The highest BCUT2D eigenvalue weighted by atomic mass is 16.4. The summed E-state index contributed by atoms with van der Waals surface area (Å²) in [4.78, 5) is 11.0. The van der Waals surface area contributed by atoms with E-state index in [4.69, 9.17) is 5.11 Å². The lowest BCUT2D eigenvalue weighted by Gasteiger charge is -2.05. The van der Waals surface area contributed by atoms with Crippen LogP contribution < -0.4 is 0 Å². The molecule has 1 N–H and O–H groups in total. The number of hydrogen-bond acceptors (Lipinski definition) is 3. The van der Waals surface area contributed by atoms with E-state index in [9.17, 15) is 4.79 Å². The molecule has 0 atom stereocenters. The molecule has 0 unspecified atom stereocenters. The second-order valence-electron chi connectivity index (χ2n) is 3.53. The van der Waals surface area contributed by atoms with Crippen molar-refractivity contribution < 1.29 is 9.90 Å². The van der Waals surface area contributed by atoms with Crippen LogP contribution in [-0.4, -0.2) is 26.1 Å². The quantitative estimate of drug-likeness (QED) is 0.827. The van der Waals surface area contributed by atoms with E-state index in [2.05, 4.69) is 10.3 Å². The first kappa shape index (κ1) is 10.4. The van der Waals surface area contributed by atoms with E-state index in [1.165, 1.54) is 4.68 Å². The van der Waals surface area contributed by atoms with E-state index >= 15 is 0 Å². The molecule has 5 nitrogen and oxygen atoms in total. The molecule has 1 heterocycles. The Bertz CT molecular complexity index is 546. The zero-order valence-electron chi connectivity index (χ0n) is 9.01. The van der Waals surface area contributed by atoms with Gasteiger partial charge < -0.3 is 5.11 Å². The van der Waals surface area contributed by atoms with Crippen LogP contribution in [0.4, 0.5) is 0 Å². The fraction of sp³-hybridized carbons (Fsp3) is 0.182. The summed E-state index contributed by atoms with van der Waals surface area (Å²) in [6.45, 7) is 1.92. The van der Waals surface area contributed by atoms with Gasteiger partial charge in [0, 0.05) is 12.6 Å². The summed E-state index contributed by atoms with van der Waals surface area (Å²) in [7, 11) is 1.68. The molecule has 0 radical (unpaired) electrons. The van der Waals surface area contributed by atoms with Crippen LogP contribution in [0.5, 0.6) is 0 Å². The largest absolute Gasteiger partial charge is 0.476 e. The number of nitrogens with zero attached hydrogens (tertiary/aromatic N) is 3. The third-order valence-corrected chi connectivity index (χ3v) is 2.43. The van der Waals surface area contributed by atoms with Gasteiger partial charge in [-0.15, -0.1) is 5.10 Å². The maximum atomic E-state index is 11.0. The molecule has 0 saturated heterocycles. The van der Waals surface area contributed by atoms with Gasteiger partial charge in [-0.2, -0.15) is 0 Å². The van der Waals surface area contributed by atoms with Crippen LogP contribution >= 0.6 is 0 Å². The molecule has 0 aliphatic rings. The normalized spacial score (nSPS) is 10.4. The molecule has 0 aliphatic carbocycles. The van der Waals surface area contributed by atoms with Crippen molar-refractivity contribution in [1.29, 1.82) is 0 Å². The third-order valence-electron chi connectivity index (χ3n) is 2.43. The van der Waals surface area contributed by atoms with Crippen molar-refractivity contribution in [2.45, 2.75) is 6.92 Å². The lowest BCUT2D eigenvalue weighted by atomic mass is 10.0. The number of carboxylic acid groups (broad SMARTS) is 1. The molecule has 0 amide bonds. The molecule has 16 heavy (non-hydrogen) atoms. The molecule has 2 aromatic rings. The van der Waals surface area contributed by atoms with E-state index in [1.54, 1.807) is 7.05 Å². The standard InChI is InChI=1S/C11H11N3O2/c1-7-5-3-4-6-8(7)10-9(11(15)16)12-13-14(10)2/h3-6H,1-2H3,(H,15,16). The maximum absolute atomic E-state index is 11.0. The minimum Gasteiger partial charge on any atom is -0.476 e. The zero-order chi connectivity index (χ0) is 11.7. The van der Waals surface area contributed by atoms with Crippen molar-refractivity contribution in [3.8, 4) is 11.3 Å². The van der Waals surface area contributed by atoms with Crippen LogP contribution in [0.3, 0.4) is 0 Å². The average Bonchev–Trinajstić information content (AvgIpc) is 2.61. The van der Waals surface area contributed by atoms with Crippen molar-refractivity contribution in [3.05, 3.63) is 35.5 Å². The second-order valence-corrected chi connectivity index (χ2v) is 3.53. The Kier molecular flexibility index (Phi) is 2.44. The number of benzene rings is 1. The SMILES string of the molecule is Cc1ccccc1-c1c(C(=O)O)nnn1C. The summed E-state index contributed by atoms with van der Waals surface area (Å²) in [6, 6.07) is 7.55. The van der Waals surface area contributed by atoms with Gasteiger partial charge in [0.2, 0.25) is 0 Å². The number of aryl methyl sites for hydroxylation is 2. The van der Waals surface area contributed by atoms with E-state index in [-0.39, 0.29) is 5.69 Å². The number of hydrogen-bond donors (Lipinski definition) is 1. The Morgan fingerprint density at radius 1 is 1.38 bits per heavy atom. The van der Waals surface area contributed by atoms with Crippen LogP contribution in [0, 0.1) is 6.92 Å². The predicted octanol–water partition coefficient (Wildman–Crippen LogP) is 1.49. The molecule has 1 aromatic heterocycles. The Balaban J connectivity index is 2.68. The minimum atomic E-state index is -1.06. The van der Waals surface area contributed by atoms with Crippen LogP contribution in [0.2, 0.25) is 0 Å². The number of carboxylic acids is 1. The van der Waals surface area contributed by atoms with Crippen molar-refractivity contribution in [2.75, 3.05) is 0 Å². The Morgan fingerprint density at radius 2 is 2.06 bits per heavy atom. The molecule has 0 aliphatic heterocycles. The molecule has 5 heteroatoms. The molecule has 0 fully saturated rings. The lowest BCUT2D eigenvalue weighted by molar-refractivity contribution is 0.0691. The topological polar surface area (TPSA) is 68.0 Å². The molecule has 0 saturated carbocycles. The first-order valence-electron chi connectivity index (χ1n) is 4.80. The summed E-state index contributed by atoms with van der Waals surface area (Å²) < 4.78 is 1.48. The van der Waals surface area contributed by atoms with Crippen LogP contribution in [0.1, 0.15) is 16.1 Å². The van der Waals surface area contributed by atoms with Gasteiger partial charge >= 0.3 is 5.97 Å². The first-order valence-corrected chi connectivity index (χ1v) is 4.80. The maximum Gasteiger partial charge on any atom is 0.358 e. The molecule has 1 aromatic carbocycles. The molecular weight excluding hydrogens is 206 g/mol. The average molecular weight is 217 g/mol. The molecule has 2 rings (SSSR count). The van der Waals surface area contributed by atoms with E-state index in [0.717, 1.165) is 11.1 Å². The molecule has 0 spiro atoms. The van der Waals surface area contributed by atoms with Gasteiger partial charge in [0.25, 0.3) is 0 Å². The van der Waals surface area contributed by atoms with Crippen LogP contribution in [-0.2, 0) is 7.05 Å². The van der Waals surface area contributed by atoms with Crippen LogP contribution in [0.25, 0.3) is 11.3 Å². The lowest BCUT2D eigenvalue weighted by Crippen LogP contribution is -2.02. The van der Waals surface area contributed by atoms with Crippen molar-refractivity contribution >= 4 is 5.97 Å². The van der Waals surface area contributed by atoms with Crippen molar-refractivity contribution in [1.82, 2.24) is 15.0 Å². The van der Waals surface area contributed by atoms with Gasteiger partial charge in [-0.3, -0.25) is 0 Å². The smallest absolute Gasteiger partial charge is 0.358 e. The summed E-state index contributed by atoms with van der Waals surface area (Å²) in [5.41, 5.74) is 2.35. The zero-order valence-corrected chi connectivity index (χ0v) is 9.01. The number of rotatable bonds is 2. The van der Waals surface area contributed by atoms with Crippen molar-refractivity contribution in [2.24, 2.45) is 7.05 Å². The Hall–Kier alpha value is -2.17. The highest BCUT2D eigenvalue weighted by Gasteiger charge is 2.19. The predicted molar refractivity (Wildman–Crippen MR) is 58.1 cm³/mol. The van der Waals surface area contributed by atoms with Gasteiger partial charge in [0.05, 0.1) is 0 Å². The van der Waals surface area contributed by atoms with E-state index in [0.29, 0.717) is 5.69 Å². The molecular formula is C11H11N3O2. The Morgan fingerprint density at radius 3 is 2.69 bits per heavy atom. The van der Waals surface area contributed by atoms with E-state index < -0.39 is 5.97 Å². The first-order chi connectivity index (χ1) is 7.61. The minimum absolute atomic E-state index is 0.0169. The highest BCUT2D eigenvalue weighted by molar-refractivity contribution is 5.93. The summed E-state index contributed by atoms with van der Waals surface area (Å²) in [5, 5.41) is 16.4. The third kappa shape index (κ3) is 1.56. The highest BCUT2D eigenvalue weighted by Crippen LogP contribution is 2.24. The fourth-order valence-electron chi connectivity index (χ4n) is 1.64. The molecule has 82 valence electrons. The second kappa shape index (κ2) is 3.77. The number of aromatic nitrogens is 3. The molecule has 0 bridgehead atoms.